The van der Waals surface area contributed by atoms with E-state index in [1.54, 1.807) is 0 Å². The Kier molecular flexibility index (Phi) is 5.90. The molecule has 0 aliphatic carbocycles. The van der Waals surface area contributed by atoms with E-state index in [4.69, 9.17) is 4.74 Å². The highest BCUT2D eigenvalue weighted by molar-refractivity contribution is 6.03. The smallest absolute Gasteiger partial charge is 0.293 e. The van der Waals surface area contributed by atoms with E-state index >= 15 is 0 Å². The first-order chi connectivity index (χ1) is 15.1. The van der Waals surface area contributed by atoms with Crippen LogP contribution in [-0.4, -0.2) is 36.5 Å². The fourth-order valence-electron chi connectivity index (χ4n) is 4.55. The Morgan fingerprint density at radius 2 is 1.87 bits per heavy atom. The highest BCUT2D eigenvalue weighted by Gasteiger charge is 2.43. The van der Waals surface area contributed by atoms with Gasteiger partial charge in [-0.1, -0.05) is 48.6 Å². The van der Waals surface area contributed by atoms with Crippen molar-refractivity contribution in [3.63, 3.8) is 0 Å². The van der Waals surface area contributed by atoms with Crippen molar-refractivity contribution in [3.05, 3.63) is 90.2 Å². The lowest BCUT2D eigenvalue weighted by atomic mass is 9.81. The van der Waals surface area contributed by atoms with Gasteiger partial charge in [0.25, 0.3) is 6.47 Å². The van der Waals surface area contributed by atoms with Gasteiger partial charge in [-0.05, 0) is 38.5 Å². The Bertz CT molecular complexity index is 1110. The normalized spacial score (nSPS) is 17.9. The Morgan fingerprint density at radius 3 is 2.68 bits per heavy atom. The molecule has 0 amide bonds. The summed E-state index contributed by atoms with van der Waals surface area (Å²) >= 11 is 0. The Morgan fingerprint density at radius 1 is 1.10 bits per heavy atom. The monoisotopic (exact) mass is 413 g/mol. The molecule has 0 saturated carbocycles. The number of ether oxygens (including phenoxy) is 1. The van der Waals surface area contributed by atoms with Gasteiger partial charge in [-0.25, -0.2) is 0 Å². The second-order valence-corrected chi connectivity index (χ2v) is 8.25. The van der Waals surface area contributed by atoms with E-state index in [2.05, 4.69) is 109 Å². The van der Waals surface area contributed by atoms with Gasteiger partial charge in [0.1, 0.15) is 6.61 Å². The summed E-state index contributed by atoms with van der Waals surface area (Å²) in [6.07, 6.45) is 10.8. The van der Waals surface area contributed by atoms with Crippen LogP contribution in [0.5, 0.6) is 0 Å². The molecule has 0 radical (unpaired) electrons. The van der Waals surface area contributed by atoms with E-state index in [0.717, 1.165) is 6.54 Å². The topological polar surface area (TPSA) is 32.5 Å². The largest absolute Gasteiger partial charge is 0.461 e. The average Bonchev–Trinajstić information content (AvgIpc) is 3.01. The highest BCUT2D eigenvalue weighted by Crippen LogP contribution is 2.40. The first-order valence-corrected chi connectivity index (χ1v) is 10.8. The summed E-state index contributed by atoms with van der Waals surface area (Å²) in [6, 6.07) is 17.0. The molecule has 0 bridgehead atoms. The Balaban J connectivity index is 1.70. The minimum Gasteiger partial charge on any atom is -0.461 e. The number of allylic oxidation sites excluding steroid dienone is 5. The first-order valence-electron chi connectivity index (χ1n) is 10.8. The third-order valence-electron chi connectivity index (χ3n) is 6.13. The number of anilines is 1. The molecule has 2 aliphatic heterocycles. The third kappa shape index (κ3) is 3.86. The highest BCUT2D eigenvalue weighted by atomic mass is 16.5. The number of hydrogen-bond acceptors (Lipinski definition) is 3. The van der Waals surface area contributed by atoms with Crippen LogP contribution in [0.25, 0.3) is 5.57 Å². The summed E-state index contributed by atoms with van der Waals surface area (Å²) in [5, 5.41) is 0. The molecule has 0 N–H and O–H groups in total. The molecule has 0 atom stereocenters. The van der Waals surface area contributed by atoms with E-state index in [-0.39, 0.29) is 5.41 Å². The molecule has 4 nitrogen and oxygen atoms in total. The molecular formula is C27H29N2O2+. The lowest BCUT2D eigenvalue weighted by molar-refractivity contribution is -0.440. The lowest BCUT2D eigenvalue weighted by Crippen LogP contribution is -2.28. The van der Waals surface area contributed by atoms with E-state index in [0.29, 0.717) is 19.6 Å². The van der Waals surface area contributed by atoms with Gasteiger partial charge in [-0.15, -0.1) is 0 Å². The Labute approximate surface area is 184 Å². The van der Waals surface area contributed by atoms with Crippen molar-refractivity contribution in [1.29, 1.82) is 0 Å². The first kappa shape index (κ1) is 20.9. The quantitative estimate of drug-likeness (QED) is 0.354. The second kappa shape index (κ2) is 8.76. The summed E-state index contributed by atoms with van der Waals surface area (Å²) in [4.78, 5) is 12.9. The maximum Gasteiger partial charge on any atom is 0.293 e. The third-order valence-corrected chi connectivity index (χ3v) is 6.13. The molecule has 0 spiro atoms. The van der Waals surface area contributed by atoms with E-state index in [1.165, 1.54) is 33.8 Å². The number of benzene rings is 2. The number of hydrogen-bond donors (Lipinski definition) is 0. The average molecular weight is 414 g/mol. The summed E-state index contributed by atoms with van der Waals surface area (Å²) in [5.74, 6) is 0. The zero-order chi connectivity index (χ0) is 21.8. The predicted molar refractivity (Wildman–Crippen MR) is 127 cm³/mol. The van der Waals surface area contributed by atoms with Crippen molar-refractivity contribution < 1.29 is 14.1 Å². The zero-order valence-corrected chi connectivity index (χ0v) is 18.4. The molecular weight excluding hydrogens is 384 g/mol. The Hall–Kier alpha value is -3.40. The lowest BCUT2D eigenvalue weighted by Gasteiger charge is -2.26. The van der Waals surface area contributed by atoms with Crippen LogP contribution in [0.3, 0.4) is 0 Å². The van der Waals surface area contributed by atoms with Gasteiger partial charge < -0.3 is 9.64 Å². The van der Waals surface area contributed by atoms with Crippen molar-refractivity contribution in [3.8, 4) is 0 Å². The van der Waals surface area contributed by atoms with Crippen molar-refractivity contribution in [2.75, 3.05) is 24.6 Å². The number of carbonyl (C=O) groups is 1. The molecule has 0 saturated heterocycles. The maximum atomic E-state index is 10.6. The van der Waals surface area contributed by atoms with Crippen LogP contribution in [-0.2, 0) is 14.9 Å². The number of fused-ring (bicyclic) bond motifs is 2. The van der Waals surface area contributed by atoms with Crippen LogP contribution in [0.1, 0.15) is 31.9 Å². The predicted octanol–water partition coefficient (Wildman–Crippen LogP) is 5.23. The summed E-state index contributed by atoms with van der Waals surface area (Å²) < 4.78 is 7.26. The van der Waals surface area contributed by atoms with Gasteiger partial charge in [-0.3, -0.25) is 4.79 Å². The molecule has 0 fully saturated rings. The van der Waals surface area contributed by atoms with E-state index in [9.17, 15) is 4.79 Å². The fraction of sp³-hybridized carbons (Fsp3) is 0.259. The van der Waals surface area contributed by atoms with Crippen LogP contribution in [0.15, 0.2) is 79.0 Å². The second-order valence-electron chi connectivity index (χ2n) is 8.25. The molecule has 158 valence electrons. The van der Waals surface area contributed by atoms with Crippen LogP contribution in [0.2, 0.25) is 0 Å². The van der Waals surface area contributed by atoms with Crippen molar-refractivity contribution in [2.45, 2.75) is 26.2 Å². The van der Waals surface area contributed by atoms with E-state index < -0.39 is 0 Å². The van der Waals surface area contributed by atoms with Gasteiger partial charge in [0, 0.05) is 41.7 Å². The van der Waals surface area contributed by atoms with E-state index in [1.807, 2.05) is 0 Å². The summed E-state index contributed by atoms with van der Waals surface area (Å²) in [7, 11) is 0. The van der Waals surface area contributed by atoms with Gasteiger partial charge in [0.2, 0.25) is 5.69 Å². The molecule has 2 aliphatic rings. The molecule has 0 aromatic heterocycles. The SMILES string of the molecule is CCN1C=C/C(=C/C=C/C2=[N+](CCOC=O)c3ccccc3C2(C)C)c2ccccc21. The van der Waals surface area contributed by atoms with Gasteiger partial charge in [-0.2, -0.15) is 4.58 Å². The molecule has 4 rings (SSSR count). The standard InChI is InChI=1S/C27H29N2O2/c1-4-28-17-16-21(22-11-5-7-13-24(22)28)10-9-15-26-27(2,3)23-12-6-8-14-25(23)29(26)18-19-31-20-30/h5-17,20H,4,18-19H2,1-3H3/q+1. The molecule has 4 heteroatoms. The van der Waals surface area contributed by atoms with Crippen LogP contribution in [0.4, 0.5) is 11.4 Å². The zero-order valence-electron chi connectivity index (χ0n) is 18.4. The number of rotatable bonds is 7. The van der Waals surface area contributed by atoms with Gasteiger partial charge >= 0.3 is 0 Å². The van der Waals surface area contributed by atoms with Crippen LogP contribution >= 0.6 is 0 Å². The minimum absolute atomic E-state index is 0.133. The van der Waals surface area contributed by atoms with Gasteiger partial charge in [0.15, 0.2) is 12.3 Å². The maximum absolute atomic E-state index is 10.6. The summed E-state index contributed by atoms with van der Waals surface area (Å²) in [6.45, 7) is 9.09. The molecule has 2 heterocycles. The van der Waals surface area contributed by atoms with Crippen molar-refractivity contribution >= 4 is 29.1 Å². The number of carbonyl (C=O) groups excluding carboxylic acids is 1. The number of para-hydroxylation sites is 2. The minimum atomic E-state index is -0.133. The fourth-order valence-corrected chi connectivity index (χ4v) is 4.55. The van der Waals surface area contributed by atoms with Gasteiger partial charge in [0.05, 0.1) is 5.41 Å². The van der Waals surface area contributed by atoms with Crippen molar-refractivity contribution in [2.24, 2.45) is 0 Å². The number of nitrogens with zero attached hydrogens (tertiary/aromatic N) is 2. The summed E-state index contributed by atoms with van der Waals surface area (Å²) in [5.41, 5.74) is 7.20. The molecule has 2 aromatic rings. The molecule has 2 aromatic carbocycles. The molecule has 31 heavy (non-hydrogen) atoms. The van der Waals surface area contributed by atoms with Crippen molar-refractivity contribution in [1.82, 2.24) is 0 Å². The van der Waals surface area contributed by atoms with Crippen LogP contribution < -0.4 is 4.90 Å². The van der Waals surface area contributed by atoms with Crippen LogP contribution in [0, 0.1) is 0 Å². The molecule has 0 unspecified atom stereocenters.